The molecule has 0 unspecified atom stereocenters. The van der Waals surface area contributed by atoms with Crippen LogP contribution in [0.1, 0.15) is 23.2 Å². The van der Waals surface area contributed by atoms with Gasteiger partial charge < -0.3 is 10.0 Å². The summed E-state index contributed by atoms with van der Waals surface area (Å²) in [5.74, 6) is -2.23. The molecule has 1 N–H and O–H groups in total. The van der Waals surface area contributed by atoms with E-state index in [1.54, 1.807) is 12.1 Å². The van der Waals surface area contributed by atoms with Gasteiger partial charge in [-0.3, -0.25) is 4.79 Å². The summed E-state index contributed by atoms with van der Waals surface area (Å²) in [5.41, 5.74) is 1.03. The van der Waals surface area contributed by atoms with E-state index in [9.17, 15) is 9.59 Å². The molecule has 0 radical (unpaired) electrons. The van der Waals surface area contributed by atoms with Crippen molar-refractivity contribution in [2.45, 2.75) is 12.8 Å². The second kappa shape index (κ2) is 4.35. The fourth-order valence-corrected chi connectivity index (χ4v) is 2.01. The Morgan fingerprint density at radius 3 is 2.38 bits per heavy atom. The first-order valence-corrected chi connectivity index (χ1v) is 5.32. The van der Waals surface area contributed by atoms with Crippen molar-refractivity contribution in [2.24, 2.45) is 0 Å². The molecule has 0 saturated carbocycles. The van der Waals surface area contributed by atoms with Gasteiger partial charge in [-0.05, 0) is 25.0 Å². The molecule has 1 fully saturated rings. The van der Waals surface area contributed by atoms with Crippen molar-refractivity contribution in [1.29, 1.82) is 0 Å². The second-order valence-electron chi connectivity index (χ2n) is 3.85. The Labute approximate surface area is 93.5 Å². The van der Waals surface area contributed by atoms with Crippen molar-refractivity contribution in [2.75, 3.05) is 18.0 Å². The number of aliphatic carboxylic acids is 1. The van der Waals surface area contributed by atoms with Gasteiger partial charge in [0.2, 0.25) is 0 Å². The molecule has 0 atom stereocenters. The van der Waals surface area contributed by atoms with E-state index >= 15 is 0 Å². The highest BCUT2D eigenvalue weighted by molar-refractivity contribution is 6.41. The number of ketones is 1. The number of anilines is 1. The topological polar surface area (TPSA) is 57.6 Å². The van der Waals surface area contributed by atoms with Crippen LogP contribution in [0.15, 0.2) is 24.3 Å². The van der Waals surface area contributed by atoms with Gasteiger partial charge >= 0.3 is 5.97 Å². The van der Waals surface area contributed by atoms with Gasteiger partial charge in [0.1, 0.15) is 0 Å². The van der Waals surface area contributed by atoms with Gasteiger partial charge in [-0.15, -0.1) is 0 Å². The van der Waals surface area contributed by atoms with Crippen LogP contribution in [0.5, 0.6) is 0 Å². The Morgan fingerprint density at radius 1 is 1.12 bits per heavy atom. The third kappa shape index (κ3) is 1.91. The highest BCUT2D eigenvalue weighted by atomic mass is 16.4. The largest absolute Gasteiger partial charge is 0.475 e. The lowest BCUT2D eigenvalue weighted by atomic mass is 10.1. The molecule has 4 nitrogen and oxygen atoms in total. The number of hydrogen-bond acceptors (Lipinski definition) is 3. The maximum atomic E-state index is 11.5. The van der Waals surface area contributed by atoms with Crippen molar-refractivity contribution < 1.29 is 14.7 Å². The number of benzene rings is 1. The number of nitrogens with zero attached hydrogens (tertiary/aromatic N) is 1. The van der Waals surface area contributed by atoms with Crippen LogP contribution in [0, 0.1) is 0 Å². The molecule has 16 heavy (non-hydrogen) atoms. The van der Waals surface area contributed by atoms with Crippen molar-refractivity contribution >= 4 is 17.4 Å². The first-order valence-electron chi connectivity index (χ1n) is 5.32. The summed E-state index contributed by atoms with van der Waals surface area (Å²) in [6, 6.07) is 6.90. The Morgan fingerprint density at radius 2 is 1.75 bits per heavy atom. The minimum absolute atomic E-state index is 0.289. The molecule has 1 saturated heterocycles. The minimum atomic E-state index is -1.40. The smallest absolute Gasteiger partial charge is 0.377 e. The van der Waals surface area contributed by atoms with Crippen LogP contribution < -0.4 is 4.90 Å². The normalized spacial score (nSPS) is 15.1. The van der Waals surface area contributed by atoms with Crippen molar-refractivity contribution in [3.8, 4) is 0 Å². The zero-order valence-electron chi connectivity index (χ0n) is 8.85. The third-order valence-electron chi connectivity index (χ3n) is 2.79. The lowest BCUT2D eigenvalue weighted by Gasteiger charge is -2.19. The van der Waals surface area contributed by atoms with E-state index in [1.165, 1.54) is 0 Å². The SMILES string of the molecule is O=C(O)C(=O)c1ccccc1N1CCCC1. The summed E-state index contributed by atoms with van der Waals surface area (Å²) in [7, 11) is 0. The minimum Gasteiger partial charge on any atom is -0.475 e. The van der Waals surface area contributed by atoms with E-state index in [-0.39, 0.29) is 5.56 Å². The van der Waals surface area contributed by atoms with Crippen LogP contribution >= 0.6 is 0 Å². The van der Waals surface area contributed by atoms with Gasteiger partial charge in [0.05, 0.1) is 5.56 Å². The third-order valence-corrected chi connectivity index (χ3v) is 2.79. The molecule has 0 amide bonds. The fraction of sp³-hybridized carbons (Fsp3) is 0.333. The molecule has 2 rings (SSSR count). The number of carboxylic acids is 1. The van der Waals surface area contributed by atoms with Gasteiger partial charge in [0.25, 0.3) is 5.78 Å². The molecule has 1 aromatic rings. The first-order chi connectivity index (χ1) is 7.70. The van der Waals surface area contributed by atoms with Crippen LogP contribution in [0.3, 0.4) is 0 Å². The maximum absolute atomic E-state index is 11.5. The Hall–Kier alpha value is -1.84. The van der Waals surface area contributed by atoms with Gasteiger partial charge in [0.15, 0.2) is 0 Å². The monoisotopic (exact) mass is 219 g/mol. The van der Waals surface area contributed by atoms with Crippen LogP contribution in [0.25, 0.3) is 0 Å². The van der Waals surface area contributed by atoms with Crippen molar-refractivity contribution in [3.63, 3.8) is 0 Å². The van der Waals surface area contributed by atoms with Crippen LogP contribution in [-0.2, 0) is 4.79 Å². The van der Waals surface area contributed by atoms with Crippen LogP contribution in [-0.4, -0.2) is 29.9 Å². The number of carbonyl (C=O) groups excluding carboxylic acids is 1. The number of carbonyl (C=O) groups is 2. The van der Waals surface area contributed by atoms with E-state index in [4.69, 9.17) is 5.11 Å². The quantitative estimate of drug-likeness (QED) is 0.619. The summed E-state index contributed by atoms with van der Waals surface area (Å²) in [5, 5.41) is 8.73. The first kappa shape index (κ1) is 10.7. The van der Waals surface area contributed by atoms with Gasteiger partial charge in [-0.2, -0.15) is 0 Å². The number of rotatable bonds is 3. The van der Waals surface area contributed by atoms with E-state index < -0.39 is 11.8 Å². The summed E-state index contributed by atoms with van der Waals surface area (Å²) >= 11 is 0. The predicted octanol–water partition coefficient (Wildman–Crippen LogP) is 1.55. The van der Waals surface area contributed by atoms with E-state index in [0.29, 0.717) is 0 Å². The summed E-state index contributed by atoms with van der Waals surface area (Å²) in [6.07, 6.45) is 2.19. The van der Waals surface area contributed by atoms with E-state index in [2.05, 4.69) is 4.90 Å². The maximum Gasteiger partial charge on any atom is 0.377 e. The molecule has 4 heteroatoms. The van der Waals surface area contributed by atoms with Gasteiger partial charge in [0, 0.05) is 18.8 Å². The highest BCUT2D eigenvalue weighted by Crippen LogP contribution is 2.24. The lowest BCUT2D eigenvalue weighted by Crippen LogP contribution is -2.22. The summed E-state index contributed by atoms with van der Waals surface area (Å²) in [4.78, 5) is 24.3. The predicted molar refractivity (Wildman–Crippen MR) is 59.9 cm³/mol. The lowest BCUT2D eigenvalue weighted by molar-refractivity contribution is -0.131. The molecular weight excluding hydrogens is 206 g/mol. The fourth-order valence-electron chi connectivity index (χ4n) is 2.01. The molecule has 1 aromatic carbocycles. The molecule has 1 aliphatic rings. The molecule has 1 aliphatic heterocycles. The highest BCUT2D eigenvalue weighted by Gasteiger charge is 2.22. The van der Waals surface area contributed by atoms with Crippen LogP contribution in [0.2, 0.25) is 0 Å². The van der Waals surface area contributed by atoms with Gasteiger partial charge in [-0.1, -0.05) is 12.1 Å². The average Bonchev–Trinajstić information content (AvgIpc) is 2.81. The van der Waals surface area contributed by atoms with Gasteiger partial charge in [-0.25, -0.2) is 4.79 Å². The zero-order valence-corrected chi connectivity index (χ0v) is 8.85. The zero-order chi connectivity index (χ0) is 11.5. The van der Waals surface area contributed by atoms with E-state index in [1.807, 2.05) is 12.1 Å². The standard InChI is InChI=1S/C12H13NO3/c14-11(12(15)16)9-5-1-2-6-10(9)13-7-3-4-8-13/h1-2,5-6H,3-4,7-8H2,(H,15,16). The Balaban J connectivity index is 2.37. The second-order valence-corrected chi connectivity index (χ2v) is 3.85. The Bertz CT molecular complexity index is 422. The molecule has 84 valence electrons. The van der Waals surface area contributed by atoms with Crippen molar-refractivity contribution in [1.82, 2.24) is 0 Å². The number of carboxylic acid groups (broad SMARTS) is 1. The Kier molecular flexibility index (Phi) is 2.90. The number of para-hydroxylation sites is 1. The molecule has 0 spiro atoms. The molecule has 0 aliphatic carbocycles. The van der Waals surface area contributed by atoms with E-state index in [0.717, 1.165) is 31.6 Å². The summed E-state index contributed by atoms with van der Waals surface area (Å²) < 4.78 is 0. The molecule has 0 bridgehead atoms. The molecule has 1 heterocycles. The molecular formula is C12H13NO3. The number of Topliss-reactive ketones (excluding diaryl/α,β-unsaturated/α-hetero) is 1. The van der Waals surface area contributed by atoms with Crippen LogP contribution in [0.4, 0.5) is 5.69 Å². The molecule has 0 aromatic heterocycles. The van der Waals surface area contributed by atoms with Crippen molar-refractivity contribution in [3.05, 3.63) is 29.8 Å². The average molecular weight is 219 g/mol. The summed E-state index contributed by atoms with van der Waals surface area (Å²) in [6.45, 7) is 1.79. The number of hydrogen-bond donors (Lipinski definition) is 1.